The third-order valence-electron chi connectivity index (χ3n) is 7.32. The summed E-state index contributed by atoms with van der Waals surface area (Å²) < 4.78 is 24.7. The number of benzene rings is 2. The molecule has 1 aliphatic heterocycles. The van der Waals surface area contributed by atoms with E-state index in [9.17, 15) is 18.8 Å². The largest absolute Gasteiger partial charge is 0.484 e. The highest BCUT2D eigenvalue weighted by Gasteiger charge is 2.47. The fourth-order valence-electron chi connectivity index (χ4n) is 5.65. The van der Waals surface area contributed by atoms with Crippen LogP contribution in [0.3, 0.4) is 0 Å². The lowest BCUT2D eigenvalue weighted by Crippen LogP contribution is -2.42. The summed E-state index contributed by atoms with van der Waals surface area (Å²) in [5.41, 5.74) is 0.422. The Labute approximate surface area is 212 Å². The maximum Gasteiger partial charge on any atom is 0.258 e. The van der Waals surface area contributed by atoms with E-state index >= 15 is 0 Å². The third kappa shape index (κ3) is 5.16. The Balaban J connectivity index is 1.10. The van der Waals surface area contributed by atoms with E-state index in [1.165, 1.54) is 12.1 Å². The molecule has 1 heterocycles. The van der Waals surface area contributed by atoms with Gasteiger partial charge in [0.2, 0.25) is 0 Å². The van der Waals surface area contributed by atoms with Crippen LogP contribution in [0, 0.1) is 23.6 Å². The summed E-state index contributed by atoms with van der Waals surface area (Å²) in [7, 11) is 0. The first-order valence-corrected chi connectivity index (χ1v) is 12.4. The second-order valence-electron chi connectivity index (χ2n) is 9.57. The highest BCUT2D eigenvalue weighted by atomic mass is 35.5. The van der Waals surface area contributed by atoms with E-state index in [0.29, 0.717) is 34.6 Å². The van der Waals surface area contributed by atoms with Crippen molar-refractivity contribution in [3.8, 4) is 11.5 Å². The number of Topliss-reactive ketones (excluding diaryl/α,β-unsaturated/α-hetero) is 2. The highest BCUT2D eigenvalue weighted by molar-refractivity contribution is 6.31. The number of hydrogen-bond acceptors (Lipinski definition) is 5. The zero-order valence-corrected chi connectivity index (χ0v) is 20.3. The highest BCUT2D eigenvalue weighted by Crippen LogP contribution is 2.50. The minimum absolute atomic E-state index is 0.00630. The summed E-state index contributed by atoms with van der Waals surface area (Å²) >= 11 is 11.6. The number of hydrogen-bond donors (Lipinski definition) is 1. The van der Waals surface area contributed by atoms with Gasteiger partial charge in [0.15, 0.2) is 24.3 Å². The Bertz CT molecular complexity index is 1190. The van der Waals surface area contributed by atoms with Gasteiger partial charge in [-0.25, -0.2) is 4.39 Å². The second kappa shape index (κ2) is 9.78. The van der Waals surface area contributed by atoms with Crippen LogP contribution in [0.1, 0.15) is 42.5 Å². The monoisotopic (exact) mass is 519 g/mol. The number of nitrogens with one attached hydrogen (secondary N) is 1. The van der Waals surface area contributed by atoms with E-state index < -0.39 is 11.9 Å². The van der Waals surface area contributed by atoms with Gasteiger partial charge >= 0.3 is 0 Å². The lowest BCUT2D eigenvalue weighted by Gasteiger charge is -2.30. The van der Waals surface area contributed by atoms with Crippen molar-refractivity contribution < 1.29 is 28.2 Å². The Kier molecular flexibility index (Phi) is 6.73. The Morgan fingerprint density at radius 2 is 1.91 bits per heavy atom. The molecule has 0 unspecified atom stereocenters. The number of fused-ring (bicyclic) bond motifs is 3. The van der Waals surface area contributed by atoms with E-state index in [1.807, 2.05) is 0 Å². The van der Waals surface area contributed by atoms with E-state index in [4.69, 9.17) is 32.7 Å². The third-order valence-corrected chi connectivity index (χ3v) is 7.86. The molecule has 0 saturated heterocycles. The van der Waals surface area contributed by atoms with Crippen molar-refractivity contribution in [1.82, 2.24) is 5.32 Å². The first-order chi connectivity index (χ1) is 16.8. The number of halogens is 3. The Morgan fingerprint density at radius 3 is 2.66 bits per heavy atom. The summed E-state index contributed by atoms with van der Waals surface area (Å²) in [5, 5.41) is 3.47. The van der Waals surface area contributed by atoms with Gasteiger partial charge in [-0.15, -0.1) is 0 Å². The van der Waals surface area contributed by atoms with Gasteiger partial charge in [0, 0.05) is 23.6 Å². The molecule has 2 aromatic rings. The van der Waals surface area contributed by atoms with Crippen LogP contribution in [0.5, 0.6) is 11.5 Å². The Hall–Kier alpha value is -2.64. The summed E-state index contributed by atoms with van der Waals surface area (Å²) in [5.74, 6) is 0.447. The van der Waals surface area contributed by atoms with E-state index in [2.05, 4.69) is 5.32 Å². The molecule has 0 aromatic heterocycles. The maximum atomic E-state index is 13.5. The molecular weight excluding hydrogens is 496 g/mol. The number of rotatable bonds is 7. The van der Waals surface area contributed by atoms with Crippen molar-refractivity contribution in [2.75, 3.05) is 6.61 Å². The van der Waals surface area contributed by atoms with Crippen LogP contribution in [0.4, 0.5) is 4.39 Å². The summed E-state index contributed by atoms with van der Waals surface area (Å²) in [6.45, 7) is -0.212. The molecule has 3 aliphatic rings. The minimum atomic E-state index is -0.763. The first kappa shape index (κ1) is 24.1. The smallest absolute Gasteiger partial charge is 0.258 e. The number of amides is 1. The van der Waals surface area contributed by atoms with Gasteiger partial charge in [-0.1, -0.05) is 23.2 Å². The molecule has 0 radical (unpaired) electrons. The van der Waals surface area contributed by atoms with Crippen LogP contribution in [-0.4, -0.2) is 36.2 Å². The minimum Gasteiger partial charge on any atom is -0.484 e. The van der Waals surface area contributed by atoms with Crippen molar-refractivity contribution in [2.45, 2.75) is 44.2 Å². The predicted molar refractivity (Wildman–Crippen MR) is 128 cm³/mol. The second-order valence-corrected chi connectivity index (χ2v) is 10.4. The molecule has 1 N–H and O–H groups in total. The van der Waals surface area contributed by atoms with E-state index in [-0.39, 0.29) is 53.2 Å². The van der Waals surface area contributed by atoms with Gasteiger partial charge in [0.1, 0.15) is 17.3 Å². The lowest BCUT2D eigenvalue weighted by atomic mass is 9.81. The van der Waals surface area contributed by atoms with Gasteiger partial charge in [0.05, 0.1) is 17.0 Å². The first-order valence-electron chi connectivity index (χ1n) is 11.7. The van der Waals surface area contributed by atoms with Crippen LogP contribution in [0.25, 0.3) is 0 Å². The number of carbonyl (C=O) groups is 3. The molecular formula is C26H24Cl2FNO5. The van der Waals surface area contributed by atoms with E-state index in [1.54, 1.807) is 18.2 Å². The molecule has 5 rings (SSSR count). The van der Waals surface area contributed by atoms with Gasteiger partial charge in [-0.2, -0.15) is 0 Å². The topological polar surface area (TPSA) is 81.7 Å². The molecule has 1 amide bonds. The van der Waals surface area contributed by atoms with Crippen LogP contribution >= 0.6 is 23.2 Å². The van der Waals surface area contributed by atoms with Crippen molar-refractivity contribution in [3.63, 3.8) is 0 Å². The van der Waals surface area contributed by atoms with E-state index in [0.717, 1.165) is 25.3 Å². The molecule has 2 bridgehead atoms. The quantitative estimate of drug-likeness (QED) is 0.554. The van der Waals surface area contributed by atoms with Gasteiger partial charge in [0.25, 0.3) is 5.91 Å². The number of ether oxygens (including phenoxy) is 2. The van der Waals surface area contributed by atoms with Crippen molar-refractivity contribution in [1.29, 1.82) is 0 Å². The molecule has 2 aromatic carbocycles. The fraction of sp³-hybridized carbons (Fsp3) is 0.423. The number of carbonyl (C=O) groups excluding carboxylic acids is 3. The zero-order chi connectivity index (χ0) is 24.7. The van der Waals surface area contributed by atoms with Crippen molar-refractivity contribution >= 4 is 40.7 Å². The Morgan fingerprint density at radius 1 is 1.09 bits per heavy atom. The SMILES string of the molecule is O=C(COc1ccc(Cl)c(F)c1)N[C@H]1C[C@H]2C[C@@H]1C[C@@H]2CC(=O)[C@H]1CC(=O)c2cc(Cl)ccc2O1. The normalized spacial score (nSPS) is 26.7. The number of ketones is 2. The molecule has 9 heteroatoms. The maximum absolute atomic E-state index is 13.5. The van der Waals surface area contributed by atoms with Crippen molar-refractivity contribution in [2.24, 2.45) is 17.8 Å². The summed E-state index contributed by atoms with van der Waals surface area (Å²) in [6.07, 6.45) is 2.24. The molecule has 2 aliphatic carbocycles. The molecule has 6 nitrogen and oxygen atoms in total. The standard InChI is InChI=1S/C26H24Cl2FNO5/c27-16-1-4-24-18(9-16)22(31)11-25(35-24)23(32)8-14-6-15-5-13(14)7-21(15)30-26(33)12-34-17-2-3-19(28)20(29)10-17/h1-4,9-10,13-15,21,25H,5-8,11-12H2,(H,30,33)/t13-,14-,15-,21+,25-/m1/s1. The molecule has 184 valence electrons. The van der Waals surface area contributed by atoms with Crippen molar-refractivity contribution in [3.05, 3.63) is 57.8 Å². The van der Waals surface area contributed by atoms with Gasteiger partial charge in [-0.05, 0) is 67.3 Å². The van der Waals surface area contributed by atoms with Crippen LogP contribution in [-0.2, 0) is 9.59 Å². The summed E-state index contributed by atoms with van der Waals surface area (Å²) in [4.78, 5) is 37.8. The average Bonchev–Trinajstić information content (AvgIpc) is 3.40. The lowest BCUT2D eigenvalue weighted by molar-refractivity contribution is -0.128. The fourth-order valence-corrected chi connectivity index (χ4v) is 5.94. The van der Waals surface area contributed by atoms with Crippen LogP contribution < -0.4 is 14.8 Å². The van der Waals surface area contributed by atoms with Gasteiger partial charge < -0.3 is 14.8 Å². The summed E-state index contributed by atoms with van der Waals surface area (Å²) in [6, 6.07) is 8.92. The average molecular weight is 520 g/mol. The van der Waals surface area contributed by atoms with Crippen LogP contribution in [0.2, 0.25) is 10.0 Å². The molecule has 2 fully saturated rings. The molecule has 35 heavy (non-hydrogen) atoms. The molecule has 2 saturated carbocycles. The van der Waals surface area contributed by atoms with Crippen LogP contribution in [0.15, 0.2) is 36.4 Å². The zero-order valence-electron chi connectivity index (χ0n) is 18.8. The predicted octanol–water partition coefficient (Wildman–Crippen LogP) is 5.04. The molecule has 0 spiro atoms. The molecule has 5 atom stereocenters. The van der Waals surface area contributed by atoms with Gasteiger partial charge in [-0.3, -0.25) is 14.4 Å².